The zero-order valence-electron chi connectivity index (χ0n) is 13.0. The van der Waals surface area contributed by atoms with Crippen LogP contribution in [-0.4, -0.2) is 40.4 Å². The highest BCUT2D eigenvalue weighted by Crippen LogP contribution is 2.27. The van der Waals surface area contributed by atoms with Gasteiger partial charge in [0, 0.05) is 30.9 Å². The summed E-state index contributed by atoms with van der Waals surface area (Å²) in [5, 5.41) is 3.56. The van der Waals surface area contributed by atoms with Crippen molar-refractivity contribution in [3.05, 3.63) is 26.6 Å². The Kier molecular flexibility index (Phi) is 4.01. The smallest absolute Gasteiger partial charge is 0.259 e. The normalized spacial score (nSPS) is 18.2. The van der Waals surface area contributed by atoms with Crippen LogP contribution in [0.2, 0.25) is 0 Å². The van der Waals surface area contributed by atoms with Crippen LogP contribution in [-0.2, 0) is 4.79 Å². The Hall–Kier alpha value is -1.73. The number of amides is 1. The van der Waals surface area contributed by atoms with Crippen molar-refractivity contribution >= 4 is 27.5 Å². The minimum absolute atomic E-state index is 0.0208. The lowest BCUT2D eigenvalue weighted by Crippen LogP contribution is -2.32. The second kappa shape index (κ2) is 5.81. The maximum Gasteiger partial charge on any atom is 0.259 e. The number of aromatic amines is 1. The van der Waals surface area contributed by atoms with E-state index in [0.29, 0.717) is 30.7 Å². The first-order valence-corrected chi connectivity index (χ1v) is 8.29. The Labute approximate surface area is 132 Å². The number of nitrogens with one attached hydrogen (secondary N) is 2. The number of hydrogen-bond acceptors (Lipinski definition) is 5. The summed E-state index contributed by atoms with van der Waals surface area (Å²) in [5.74, 6) is 0.754. The molecule has 0 aromatic carbocycles. The Balaban J connectivity index is 1.95. The molecule has 0 radical (unpaired) electrons. The number of fused-ring (bicyclic) bond motifs is 1. The number of hydrogen-bond donors (Lipinski definition) is 2. The molecule has 2 aromatic heterocycles. The third kappa shape index (κ3) is 2.66. The molecule has 3 rings (SSSR count). The van der Waals surface area contributed by atoms with Gasteiger partial charge in [-0.3, -0.25) is 14.5 Å². The predicted molar refractivity (Wildman–Crippen MR) is 87.3 cm³/mol. The van der Waals surface area contributed by atoms with Crippen molar-refractivity contribution in [2.45, 2.75) is 33.2 Å². The van der Waals surface area contributed by atoms with Gasteiger partial charge < -0.3 is 10.3 Å². The monoisotopic (exact) mass is 320 g/mol. The lowest BCUT2D eigenvalue weighted by molar-refractivity contribution is -0.120. The van der Waals surface area contributed by atoms with E-state index in [-0.39, 0.29) is 17.5 Å². The molecule has 0 aliphatic carbocycles. The van der Waals surface area contributed by atoms with E-state index in [1.165, 1.54) is 0 Å². The van der Waals surface area contributed by atoms with Crippen LogP contribution in [0.5, 0.6) is 0 Å². The van der Waals surface area contributed by atoms with Crippen LogP contribution in [0.3, 0.4) is 0 Å². The van der Waals surface area contributed by atoms with Gasteiger partial charge >= 0.3 is 0 Å². The molecule has 1 aliphatic rings. The summed E-state index contributed by atoms with van der Waals surface area (Å²) in [5.41, 5.74) is 0.940. The van der Waals surface area contributed by atoms with Crippen LogP contribution in [0, 0.1) is 13.8 Å². The molecule has 118 valence electrons. The van der Waals surface area contributed by atoms with Crippen LogP contribution in [0.1, 0.15) is 35.7 Å². The fraction of sp³-hybridized carbons (Fsp3) is 0.533. The molecule has 1 amide bonds. The fourth-order valence-electron chi connectivity index (χ4n) is 2.81. The van der Waals surface area contributed by atoms with Gasteiger partial charge in [0.2, 0.25) is 5.91 Å². The van der Waals surface area contributed by atoms with Crippen molar-refractivity contribution in [3.8, 4) is 0 Å². The van der Waals surface area contributed by atoms with Gasteiger partial charge in [-0.05, 0) is 26.3 Å². The van der Waals surface area contributed by atoms with E-state index in [1.807, 2.05) is 20.8 Å². The van der Waals surface area contributed by atoms with Gasteiger partial charge in [-0.1, -0.05) is 0 Å². The lowest BCUT2D eigenvalue weighted by atomic mass is 10.2. The van der Waals surface area contributed by atoms with Gasteiger partial charge in [-0.25, -0.2) is 4.98 Å². The minimum Gasteiger partial charge on any atom is -0.355 e. The van der Waals surface area contributed by atoms with Crippen LogP contribution in [0.25, 0.3) is 10.2 Å². The largest absolute Gasteiger partial charge is 0.355 e. The van der Waals surface area contributed by atoms with E-state index < -0.39 is 0 Å². The molecule has 2 aromatic rings. The maximum atomic E-state index is 12.4. The van der Waals surface area contributed by atoms with Gasteiger partial charge in [-0.15, -0.1) is 11.3 Å². The molecular weight excluding hydrogens is 300 g/mol. The van der Waals surface area contributed by atoms with Crippen LogP contribution in [0.4, 0.5) is 0 Å². The number of rotatable bonds is 2. The molecule has 1 saturated heterocycles. The molecule has 22 heavy (non-hydrogen) atoms. The molecule has 1 atom stereocenters. The molecule has 1 fully saturated rings. The van der Waals surface area contributed by atoms with Crippen LogP contribution in [0.15, 0.2) is 4.79 Å². The van der Waals surface area contributed by atoms with E-state index in [2.05, 4.69) is 20.2 Å². The summed E-state index contributed by atoms with van der Waals surface area (Å²) < 4.78 is 0. The van der Waals surface area contributed by atoms with E-state index in [9.17, 15) is 9.59 Å². The van der Waals surface area contributed by atoms with Crippen molar-refractivity contribution in [1.82, 2.24) is 20.2 Å². The first-order chi connectivity index (χ1) is 10.5. The van der Waals surface area contributed by atoms with Gasteiger partial charge in [0.15, 0.2) is 0 Å². The number of aryl methyl sites for hydroxylation is 2. The molecular formula is C15H20N4O2S. The van der Waals surface area contributed by atoms with Gasteiger partial charge in [0.05, 0.1) is 11.4 Å². The second-order valence-corrected chi connectivity index (χ2v) is 6.93. The highest BCUT2D eigenvalue weighted by molar-refractivity contribution is 7.18. The van der Waals surface area contributed by atoms with Gasteiger partial charge in [0.25, 0.3) is 5.56 Å². The first kappa shape index (κ1) is 15.2. The molecule has 2 N–H and O–H groups in total. The summed E-state index contributed by atoms with van der Waals surface area (Å²) in [6, 6.07) is -0.0208. The number of carbonyl (C=O) groups is 1. The van der Waals surface area contributed by atoms with Crippen molar-refractivity contribution in [2.24, 2.45) is 0 Å². The average molecular weight is 320 g/mol. The number of thiophene rings is 1. The van der Waals surface area contributed by atoms with Crippen molar-refractivity contribution in [3.63, 3.8) is 0 Å². The molecule has 0 saturated carbocycles. The quantitative estimate of drug-likeness (QED) is 0.879. The van der Waals surface area contributed by atoms with E-state index in [4.69, 9.17) is 0 Å². The number of H-pyrrole nitrogens is 1. The number of carbonyl (C=O) groups excluding carboxylic acids is 1. The van der Waals surface area contributed by atoms with Crippen molar-refractivity contribution in [1.29, 1.82) is 0 Å². The Bertz CT molecular complexity index is 780. The van der Waals surface area contributed by atoms with Crippen molar-refractivity contribution < 1.29 is 4.79 Å². The van der Waals surface area contributed by atoms with Crippen molar-refractivity contribution in [2.75, 3.05) is 19.6 Å². The predicted octanol–water partition coefficient (Wildman–Crippen LogP) is 1.48. The summed E-state index contributed by atoms with van der Waals surface area (Å²) in [6.07, 6.45) is 0.480. The Morgan fingerprint density at radius 3 is 2.82 bits per heavy atom. The third-order valence-electron chi connectivity index (χ3n) is 4.35. The second-order valence-electron chi connectivity index (χ2n) is 5.73. The highest BCUT2D eigenvalue weighted by atomic mass is 32.1. The summed E-state index contributed by atoms with van der Waals surface area (Å²) in [4.78, 5) is 35.5. The lowest BCUT2D eigenvalue weighted by Gasteiger charge is -2.25. The molecule has 0 bridgehead atoms. The van der Waals surface area contributed by atoms with Crippen LogP contribution < -0.4 is 10.9 Å². The van der Waals surface area contributed by atoms with Gasteiger partial charge in [0.1, 0.15) is 10.7 Å². The molecule has 1 aliphatic heterocycles. The fourth-order valence-corrected chi connectivity index (χ4v) is 3.85. The summed E-state index contributed by atoms with van der Waals surface area (Å²) in [7, 11) is 0. The minimum atomic E-state index is -0.0716. The summed E-state index contributed by atoms with van der Waals surface area (Å²) in [6.45, 7) is 8.06. The zero-order chi connectivity index (χ0) is 15.9. The molecule has 0 unspecified atom stereocenters. The SMILES string of the molecule is Cc1sc2nc([C@@H](C)N3CCNC(=O)CC3)[nH]c(=O)c2c1C. The zero-order valence-corrected chi connectivity index (χ0v) is 13.8. The van der Waals surface area contributed by atoms with E-state index in [1.54, 1.807) is 11.3 Å². The highest BCUT2D eigenvalue weighted by Gasteiger charge is 2.22. The first-order valence-electron chi connectivity index (χ1n) is 7.48. The Morgan fingerprint density at radius 1 is 1.27 bits per heavy atom. The molecule has 0 spiro atoms. The van der Waals surface area contributed by atoms with Crippen LogP contribution >= 0.6 is 11.3 Å². The molecule has 6 nitrogen and oxygen atoms in total. The third-order valence-corrected chi connectivity index (χ3v) is 5.45. The number of nitrogens with zero attached hydrogens (tertiary/aromatic N) is 2. The van der Waals surface area contributed by atoms with E-state index in [0.717, 1.165) is 21.8 Å². The summed E-state index contributed by atoms with van der Waals surface area (Å²) >= 11 is 1.56. The standard InChI is InChI=1S/C15H20N4O2S/c1-8-10(3)22-15-12(8)14(21)17-13(18-15)9(2)19-6-4-11(20)16-5-7-19/h9H,4-7H2,1-3H3,(H,16,20)(H,17,18,21)/t9-/m1/s1. The number of aromatic nitrogens is 2. The van der Waals surface area contributed by atoms with E-state index >= 15 is 0 Å². The molecule has 7 heteroatoms. The topological polar surface area (TPSA) is 78.1 Å². The molecule has 3 heterocycles. The maximum absolute atomic E-state index is 12.4. The average Bonchev–Trinajstić information content (AvgIpc) is 2.64. The Morgan fingerprint density at radius 2 is 2.05 bits per heavy atom. The van der Waals surface area contributed by atoms with Gasteiger partial charge in [-0.2, -0.15) is 0 Å².